The van der Waals surface area contributed by atoms with E-state index in [1.54, 1.807) is 0 Å². The Hall–Kier alpha value is -0.210. The van der Waals surface area contributed by atoms with Crippen LogP contribution in [-0.2, 0) is 10.2 Å². The van der Waals surface area contributed by atoms with Gasteiger partial charge in [-0.05, 0) is 38.6 Å². The first-order chi connectivity index (χ1) is 10.0. The molecule has 2 N–H and O–H groups in total. The van der Waals surface area contributed by atoms with Gasteiger partial charge in [-0.3, -0.25) is 0 Å². The highest BCUT2D eigenvalue weighted by molar-refractivity contribution is 7.87. The Morgan fingerprint density at radius 3 is 2.38 bits per heavy atom. The van der Waals surface area contributed by atoms with Gasteiger partial charge in [-0.25, -0.2) is 4.72 Å². The van der Waals surface area contributed by atoms with Crippen molar-refractivity contribution in [3.05, 3.63) is 0 Å². The number of likely N-dealkylation sites (N-methyl/N-ethyl adjacent to an activating group) is 1. The standard InChI is InChI=1S/C14H29N3O3S/c1-16(14-4-2-3-5-14)11-8-15-21(19,20)17-9-6-13(12-18)7-10-17/h13-15,18H,2-12H2,1H3. The van der Waals surface area contributed by atoms with Crippen LogP contribution in [0.15, 0.2) is 0 Å². The Kier molecular flexibility index (Phi) is 6.43. The van der Waals surface area contributed by atoms with E-state index in [0.29, 0.717) is 25.7 Å². The van der Waals surface area contributed by atoms with Crippen LogP contribution in [0.2, 0.25) is 0 Å². The molecule has 2 aliphatic rings. The zero-order valence-electron chi connectivity index (χ0n) is 13.0. The first-order valence-electron chi connectivity index (χ1n) is 8.09. The molecule has 1 aliphatic carbocycles. The number of rotatable bonds is 7. The maximum Gasteiger partial charge on any atom is 0.279 e. The van der Waals surface area contributed by atoms with Crippen LogP contribution in [0.3, 0.4) is 0 Å². The predicted octanol–water partition coefficient (Wildman–Crippen LogP) is 0.400. The van der Waals surface area contributed by atoms with Gasteiger partial charge in [0.25, 0.3) is 10.2 Å². The van der Waals surface area contributed by atoms with Crippen molar-refractivity contribution in [1.29, 1.82) is 0 Å². The number of aliphatic hydroxyl groups is 1. The minimum atomic E-state index is -3.36. The van der Waals surface area contributed by atoms with E-state index in [4.69, 9.17) is 5.11 Å². The van der Waals surface area contributed by atoms with Crippen LogP contribution in [0.1, 0.15) is 38.5 Å². The number of aliphatic hydroxyl groups excluding tert-OH is 1. The van der Waals surface area contributed by atoms with Gasteiger partial charge >= 0.3 is 0 Å². The number of hydrogen-bond donors (Lipinski definition) is 2. The van der Waals surface area contributed by atoms with Crippen molar-refractivity contribution < 1.29 is 13.5 Å². The third kappa shape index (κ3) is 4.89. The first-order valence-corrected chi connectivity index (χ1v) is 9.53. The Bertz CT molecular complexity index is 402. The molecule has 0 aromatic rings. The zero-order chi connectivity index (χ0) is 15.3. The summed E-state index contributed by atoms with van der Waals surface area (Å²) in [7, 11) is -1.28. The molecule has 7 heteroatoms. The van der Waals surface area contributed by atoms with Crippen LogP contribution in [0, 0.1) is 5.92 Å². The maximum atomic E-state index is 12.2. The molecule has 21 heavy (non-hydrogen) atoms. The van der Waals surface area contributed by atoms with Crippen molar-refractivity contribution in [2.24, 2.45) is 5.92 Å². The average molecular weight is 319 g/mol. The van der Waals surface area contributed by atoms with Crippen LogP contribution in [0.5, 0.6) is 0 Å². The fourth-order valence-corrected chi connectivity index (χ4v) is 4.53. The van der Waals surface area contributed by atoms with Gasteiger partial charge in [-0.1, -0.05) is 12.8 Å². The molecular weight excluding hydrogens is 290 g/mol. The smallest absolute Gasteiger partial charge is 0.279 e. The molecule has 0 radical (unpaired) electrons. The fourth-order valence-electron chi connectivity index (χ4n) is 3.30. The summed E-state index contributed by atoms with van der Waals surface area (Å²) in [5.41, 5.74) is 0. The van der Waals surface area contributed by atoms with E-state index in [2.05, 4.69) is 16.7 Å². The number of hydrogen-bond acceptors (Lipinski definition) is 4. The lowest BCUT2D eigenvalue weighted by Gasteiger charge is -2.30. The van der Waals surface area contributed by atoms with Crippen molar-refractivity contribution in [2.75, 3.05) is 39.8 Å². The van der Waals surface area contributed by atoms with Crippen LogP contribution < -0.4 is 4.72 Å². The van der Waals surface area contributed by atoms with E-state index in [1.807, 2.05) is 0 Å². The zero-order valence-corrected chi connectivity index (χ0v) is 13.8. The third-order valence-corrected chi connectivity index (χ3v) is 6.48. The minimum Gasteiger partial charge on any atom is -0.396 e. The van der Waals surface area contributed by atoms with Gasteiger partial charge in [-0.2, -0.15) is 12.7 Å². The first kappa shape index (κ1) is 17.1. The number of nitrogens with one attached hydrogen (secondary N) is 1. The quantitative estimate of drug-likeness (QED) is 0.712. The van der Waals surface area contributed by atoms with Gasteiger partial charge in [0, 0.05) is 38.8 Å². The molecule has 124 valence electrons. The number of piperidine rings is 1. The van der Waals surface area contributed by atoms with Crippen LogP contribution in [-0.4, -0.2) is 68.6 Å². The molecule has 1 saturated heterocycles. The molecule has 1 aliphatic heterocycles. The van der Waals surface area contributed by atoms with E-state index in [1.165, 1.54) is 30.0 Å². The van der Waals surface area contributed by atoms with Crippen molar-refractivity contribution in [3.63, 3.8) is 0 Å². The predicted molar refractivity (Wildman–Crippen MR) is 83.2 cm³/mol. The van der Waals surface area contributed by atoms with Crippen LogP contribution in [0.25, 0.3) is 0 Å². The molecular formula is C14H29N3O3S. The summed E-state index contributed by atoms with van der Waals surface area (Å²) in [5, 5.41) is 9.10. The molecule has 0 spiro atoms. The van der Waals surface area contributed by atoms with Gasteiger partial charge in [0.1, 0.15) is 0 Å². The summed E-state index contributed by atoms with van der Waals surface area (Å²) < 4.78 is 28.7. The highest BCUT2D eigenvalue weighted by atomic mass is 32.2. The molecule has 0 amide bonds. The molecule has 0 bridgehead atoms. The lowest BCUT2D eigenvalue weighted by molar-refractivity contribution is 0.169. The summed E-state index contributed by atoms with van der Waals surface area (Å²) >= 11 is 0. The summed E-state index contributed by atoms with van der Waals surface area (Å²) in [6, 6.07) is 0.620. The van der Waals surface area contributed by atoms with Gasteiger partial charge < -0.3 is 10.0 Å². The Morgan fingerprint density at radius 1 is 1.19 bits per heavy atom. The summed E-state index contributed by atoms with van der Waals surface area (Å²) in [6.45, 7) is 2.41. The number of nitrogens with zero attached hydrogens (tertiary/aromatic N) is 2. The molecule has 1 heterocycles. The van der Waals surface area contributed by atoms with E-state index >= 15 is 0 Å². The normalized spacial score (nSPS) is 23.2. The second-order valence-corrected chi connectivity index (χ2v) is 8.10. The van der Waals surface area contributed by atoms with Crippen molar-refractivity contribution in [3.8, 4) is 0 Å². The third-order valence-electron chi connectivity index (χ3n) is 4.87. The lowest BCUT2D eigenvalue weighted by Crippen LogP contribution is -2.47. The second-order valence-electron chi connectivity index (χ2n) is 6.34. The van der Waals surface area contributed by atoms with Gasteiger partial charge in [0.2, 0.25) is 0 Å². The molecule has 2 fully saturated rings. The average Bonchev–Trinajstić information content (AvgIpc) is 3.01. The van der Waals surface area contributed by atoms with E-state index in [-0.39, 0.29) is 12.5 Å². The Balaban J connectivity index is 1.71. The summed E-state index contributed by atoms with van der Waals surface area (Å²) in [4.78, 5) is 2.27. The lowest BCUT2D eigenvalue weighted by atomic mass is 10.00. The van der Waals surface area contributed by atoms with Gasteiger partial charge in [-0.15, -0.1) is 0 Å². The fraction of sp³-hybridized carbons (Fsp3) is 1.00. The second kappa shape index (κ2) is 7.87. The van der Waals surface area contributed by atoms with E-state index < -0.39 is 10.2 Å². The molecule has 0 aromatic carbocycles. The molecule has 0 unspecified atom stereocenters. The Labute approximate surface area is 128 Å². The largest absolute Gasteiger partial charge is 0.396 e. The van der Waals surface area contributed by atoms with Crippen molar-refractivity contribution >= 4 is 10.2 Å². The summed E-state index contributed by atoms with van der Waals surface area (Å²) in [6.07, 6.45) is 6.55. The van der Waals surface area contributed by atoms with Crippen LogP contribution in [0.4, 0.5) is 0 Å². The van der Waals surface area contributed by atoms with Crippen LogP contribution >= 0.6 is 0 Å². The van der Waals surface area contributed by atoms with Gasteiger partial charge in [0.15, 0.2) is 0 Å². The minimum absolute atomic E-state index is 0.160. The molecule has 6 nitrogen and oxygen atoms in total. The molecule has 1 saturated carbocycles. The van der Waals surface area contributed by atoms with Gasteiger partial charge in [0.05, 0.1) is 0 Å². The highest BCUT2D eigenvalue weighted by Gasteiger charge is 2.27. The monoisotopic (exact) mass is 319 g/mol. The topological polar surface area (TPSA) is 72.9 Å². The Morgan fingerprint density at radius 2 is 1.81 bits per heavy atom. The van der Waals surface area contributed by atoms with Crippen molar-refractivity contribution in [1.82, 2.24) is 13.9 Å². The van der Waals surface area contributed by atoms with E-state index in [0.717, 1.165) is 19.4 Å². The molecule has 0 atom stereocenters. The maximum absolute atomic E-state index is 12.2. The van der Waals surface area contributed by atoms with Crippen molar-refractivity contribution in [2.45, 2.75) is 44.6 Å². The SMILES string of the molecule is CN(CCNS(=O)(=O)N1CCC(CO)CC1)C1CCCC1. The van der Waals surface area contributed by atoms with E-state index in [9.17, 15) is 8.42 Å². The highest BCUT2D eigenvalue weighted by Crippen LogP contribution is 2.22. The molecule has 0 aromatic heterocycles. The summed E-state index contributed by atoms with van der Waals surface area (Å²) in [5.74, 6) is 0.255. The molecule has 2 rings (SSSR count).